The van der Waals surface area contributed by atoms with Gasteiger partial charge in [-0.25, -0.2) is 0 Å². The minimum absolute atomic E-state index is 0.371. The Balaban J connectivity index is 1.40. The zero-order valence-corrected chi connectivity index (χ0v) is 25.5. The third-order valence-corrected chi connectivity index (χ3v) is 9.88. The standard InChI is InChI=1S/C40H48/c1-9-13-25(3)31-17-19-33(20-18-31)38-28(6)21-34(29(38)7)23-35-24-36-22-27(5)37(26(4)14-10-2)40(39(36)30(35)8)32-15-11-12-16-32/h11-12,15,17-23,27,29,37,39-40H,3-4,8-10,13-14,16,24H2,1-2,5-7H3/b35-23-. The lowest BCUT2D eigenvalue weighted by atomic mass is 9.62. The van der Waals surface area contributed by atoms with E-state index in [9.17, 15) is 0 Å². The fourth-order valence-electron chi connectivity index (χ4n) is 8.00. The summed E-state index contributed by atoms with van der Waals surface area (Å²) in [6, 6.07) is 9.09. The van der Waals surface area contributed by atoms with Crippen molar-refractivity contribution in [2.75, 3.05) is 0 Å². The molecule has 208 valence electrons. The van der Waals surface area contributed by atoms with Gasteiger partial charge < -0.3 is 0 Å². The van der Waals surface area contributed by atoms with Crippen molar-refractivity contribution in [2.24, 2.45) is 29.6 Å². The highest BCUT2D eigenvalue weighted by Crippen LogP contribution is 2.56. The Bertz CT molecular complexity index is 1390. The van der Waals surface area contributed by atoms with Crippen LogP contribution in [0.3, 0.4) is 0 Å². The van der Waals surface area contributed by atoms with E-state index >= 15 is 0 Å². The molecule has 5 unspecified atom stereocenters. The summed E-state index contributed by atoms with van der Waals surface area (Å²) in [4.78, 5) is 0. The third-order valence-electron chi connectivity index (χ3n) is 9.88. The Morgan fingerprint density at radius 1 is 1.00 bits per heavy atom. The fourth-order valence-corrected chi connectivity index (χ4v) is 8.00. The molecule has 0 saturated heterocycles. The van der Waals surface area contributed by atoms with Gasteiger partial charge in [0.25, 0.3) is 0 Å². The second-order valence-corrected chi connectivity index (χ2v) is 12.7. The lowest BCUT2D eigenvalue weighted by Crippen LogP contribution is -2.34. The normalized spacial score (nSPS) is 28.6. The molecular weight excluding hydrogens is 480 g/mol. The predicted octanol–water partition coefficient (Wildman–Crippen LogP) is 11.4. The molecule has 0 radical (unpaired) electrons. The van der Waals surface area contributed by atoms with Crippen molar-refractivity contribution >= 4 is 11.1 Å². The van der Waals surface area contributed by atoms with Crippen molar-refractivity contribution in [3.63, 3.8) is 0 Å². The minimum Gasteiger partial charge on any atom is -0.0995 e. The van der Waals surface area contributed by atoms with E-state index in [1.165, 1.54) is 50.1 Å². The Morgan fingerprint density at radius 2 is 1.73 bits per heavy atom. The van der Waals surface area contributed by atoms with E-state index in [0.29, 0.717) is 29.6 Å². The van der Waals surface area contributed by atoms with E-state index in [4.69, 9.17) is 6.58 Å². The average molecular weight is 529 g/mol. The number of allylic oxidation sites excluding steroid dienone is 15. The number of fused-ring (bicyclic) bond motifs is 1. The first-order valence-electron chi connectivity index (χ1n) is 15.6. The molecule has 4 aliphatic rings. The lowest BCUT2D eigenvalue weighted by molar-refractivity contribution is 0.281. The molecule has 1 saturated carbocycles. The maximum atomic E-state index is 4.78. The quantitative estimate of drug-likeness (QED) is 0.280. The minimum atomic E-state index is 0.371. The molecule has 0 amide bonds. The van der Waals surface area contributed by atoms with Gasteiger partial charge in [0.15, 0.2) is 0 Å². The van der Waals surface area contributed by atoms with Gasteiger partial charge in [0.2, 0.25) is 0 Å². The van der Waals surface area contributed by atoms with Crippen LogP contribution in [0, 0.1) is 29.6 Å². The Kier molecular flexibility index (Phi) is 8.37. The first kappa shape index (κ1) is 28.4. The molecule has 0 spiro atoms. The van der Waals surface area contributed by atoms with E-state index < -0.39 is 0 Å². The van der Waals surface area contributed by atoms with Crippen LogP contribution in [0.1, 0.15) is 84.3 Å². The average Bonchev–Trinajstić information content (AvgIpc) is 3.63. The first-order valence-corrected chi connectivity index (χ1v) is 15.6. The van der Waals surface area contributed by atoms with E-state index in [1.807, 2.05) is 0 Å². The Hall–Kier alpha value is -3.12. The van der Waals surface area contributed by atoms with Gasteiger partial charge in [-0.2, -0.15) is 0 Å². The largest absolute Gasteiger partial charge is 0.0995 e. The van der Waals surface area contributed by atoms with Crippen molar-refractivity contribution in [3.05, 3.63) is 131 Å². The highest BCUT2D eigenvalue weighted by Gasteiger charge is 2.45. The van der Waals surface area contributed by atoms with Crippen molar-refractivity contribution in [1.29, 1.82) is 0 Å². The predicted molar refractivity (Wildman–Crippen MR) is 176 cm³/mol. The molecule has 0 aromatic heterocycles. The van der Waals surface area contributed by atoms with Crippen LogP contribution in [-0.2, 0) is 0 Å². The molecule has 0 aliphatic heterocycles. The molecule has 1 aromatic rings. The van der Waals surface area contributed by atoms with Gasteiger partial charge in [-0.1, -0.05) is 138 Å². The van der Waals surface area contributed by atoms with Crippen LogP contribution in [0.5, 0.6) is 0 Å². The molecule has 0 nitrogen and oxygen atoms in total. The molecular formula is C40H48. The van der Waals surface area contributed by atoms with Crippen molar-refractivity contribution in [3.8, 4) is 0 Å². The van der Waals surface area contributed by atoms with Crippen LogP contribution in [0.25, 0.3) is 11.1 Å². The summed E-state index contributed by atoms with van der Waals surface area (Å²) in [6.45, 7) is 25.2. The van der Waals surface area contributed by atoms with Crippen molar-refractivity contribution in [2.45, 2.75) is 73.1 Å². The summed E-state index contributed by atoms with van der Waals surface area (Å²) in [5, 5.41) is 0. The molecule has 0 N–H and O–H groups in total. The Labute approximate surface area is 244 Å². The lowest BCUT2D eigenvalue weighted by Gasteiger charge is -2.42. The van der Waals surface area contributed by atoms with E-state index in [-0.39, 0.29) is 0 Å². The van der Waals surface area contributed by atoms with Gasteiger partial charge in [0.05, 0.1) is 0 Å². The van der Waals surface area contributed by atoms with Crippen molar-refractivity contribution < 1.29 is 0 Å². The van der Waals surface area contributed by atoms with Gasteiger partial charge in [0, 0.05) is 11.8 Å². The van der Waals surface area contributed by atoms with Gasteiger partial charge in [-0.3, -0.25) is 0 Å². The smallest absolute Gasteiger partial charge is 0.0120 e. The number of hydrogen-bond donors (Lipinski definition) is 0. The van der Waals surface area contributed by atoms with Gasteiger partial charge in [-0.15, -0.1) is 0 Å². The molecule has 1 aromatic carbocycles. The molecule has 5 atom stereocenters. The summed E-state index contributed by atoms with van der Waals surface area (Å²) in [6.07, 6.45) is 21.0. The highest BCUT2D eigenvalue weighted by molar-refractivity contribution is 5.80. The number of rotatable bonds is 9. The summed E-state index contributed by atoms with van der Waals surface area (Å²) >= 11 is 0. The molecule has 0 heterocycles. The molecule has 0 bridgehead atoms. The fraction of sp³-hybridized carbons (Fsp3) is 0.400. The summed E-state index contributed by atoms with van der Waals surface area (Å²) in [5.41, 5.74) is 15.4. The maximum absolute atomic E-state index is 4.78. The third kappa shape index (κ3) is 5.18. The van der Waals surface area contributed by atoms with Gasteiger partial charge in [0.1, 0.15) is 0 Å². The zero-order valence-electron chi connectivity index (χ0n) is 25.5. The Morgan fingerprint density at radius 3 is 2.38 bits per heavy atom. The van der Waals surface area contributed by atoms with Crippen LogP contribution >= 0.6 is 0 Å². The number of hydrogen-bond acceptors (Lipinski definition) is 0. The second-order valence-electron chi connectivity index (χ2n) is 12.7. The summed E-state index contributed by atoms with van der Waals surface area (Å²) in [7, 11) is 0. The van der Waals surface area contributed by atoms with Crippen LogP contribution in [0.2, 0.25) is 0 Å². The van der Waals surface area contributed by atoms with E-state index in [1.54, 1.807) is 11.1 Å². The number of benzene rings is 1. The topological polar surface area (TPSA) is 0 Å². The highest BCUT2D eigenvalue weighted by atomic mass is 14.5. The SMILES string of the molecule is C=C(CCC)c1ccc(C2=C(C)C=C(/C=C3/CC4=CC(C)C(C(=C)CCC)C(C5=CC=CC5)C4C3=C)C2C)cc1. The summed E-state index contributed by atoms with van der Waals surface area (Å²) < 4.78 is 0. The summed E-state index contributed by atoms with van der Waals surface area (Å²) in [5.74, 6) is 2.26. The van der Waals surface area contributed by atoms with Crippen LogP contribution in [-0.4, -0.2) is 0 Å². The van der Waals surface area contributed by atoms with Crippen LogP contribution < -0.4 is 0 Å². The molecule has 4 aliphatic carbocycles. The monoisotopic (exact) mass is 528 g/mol. The second kappa shape index (κ2) is 11.8. The molecule has 5 rings (SSSR count). The van der Waals surface area contributed by atoms with Crippen molar-refractivity contribution in [1.82, 2.24) is 0 Å². The van der Waals surface area contributed by atoms with E-state index in [0.717, 1.165) is 38.5 Å². The molecule has 0 heteroatoms. The van der Waals surface area contributed by atoms with Gasteiger partial charge >= 0.3 is 0 Å². The maximum Gasteiger partial charge on any atom is 0.0120 e. The molecule has 40 heavy (non-hydrogen) atoms. The zero-order chi connectivity index (χ0) is 28.6. The van der Waals surface area contributed by atoms with Crippen LogP contribution in [0.4, 0.5) is 0 Å². The van der Waals surface area contributed by atoms with E-state index in [2.05, 4.69) is 108 Å². The van der Waals surface area contributed by atoms with Crippen LogP contribution in [0.15, 0.2) is 119 Å². The van der Waals surface area contributed by atoms with Gasteiger partial charge in [-0.05, 0) is 94.9 Å². The molecule has 1 fully saturated rings. The first-order chi connectivity index (χ1) is 19.2.